The Balaban J connectivity index is 2.22. The molecule has 5 heteroatoms. The lowest BCUT2D eigenvalue weighted by atomic mass is 10.0. The Morgan fingerprint density at radius 3 is 2.26 bits per heavy atom. The van der Waals surface area contributed by atoms with Crippen molar-refractivity contribution in [3.8, 4) is 0 Å². The maximum Gasteiger partial charge on any atom is 0.0640 e. The lowest BCUT2D eigenvalue weighted by Gasteiger charge is -2.13. The lowest BCUT2D eigenvalue weighted by Crippen LogP contribution is -1.97. The smallest absolute Gasteiger partial charge is 0.0640 e. The van der Waals surface area contributed by atoms with Crippen molar-refractivity contribution in [1.82, 2.24) is 0 Å². The molecule has 0 aliphatic carbocycles. The first kappa shape index (κ1) is 15.5. The molecule has 0 saturated heterocycles. The maximum absolute atomic E-state index is 6.43. The molecule has 0 nitrogen and oxygen atoms in total. The number of hydrogen-bond donors (Lipinski definition) is 0. The molecule has 0 aliphatic heterocycles. The fourth-order valence-electron chi connectivity index (χ4n) is 1.74. The minimum atomic E-state index is -0.220. The van der Waals surface area contributed by atoms with Crippen LogP contribution >= 0.6 is 62.3 Å². The summed E-state index contributed by atoms with van der Waals surface area (Å²) in [4.78, 5) is 0. The van der Waals surface area contributed by atoms with Crippen molar-refractivity contribution in [3.63, 3.8) is 0 Å². The molecule has 2 aromatic rings. The van der Waals surface area contributed by atoms with Crippen LogP contribution in [0.15, 0.2) is 40.9 Å². The summed E-state index contributed by atoms with van der Waals surface area (Å²) >= 11 is 27.9. The summed E-state index contributed by atoms with van der Waals surface area (Å²) in [5, 5.41) is 1.51. The first-order chi connectivity index (χ1) is 8.97. The molecule has 0 heterocycles. The second-order valence-corrected chi connectivity index (χ2v) is 6.75. The minimum absolute atomic E-state index is 0.220. The molecular weight excluding hydrogens is 390 g/mol. The van der Waals surface area contributed by atoms with Gasteiger partial charge in [-0.1, -0.05) is 56.8 Å². The van der Waals surface area contributed by atoms with Crippen molar-refractivity contribution in [2.24, 2.45) is 0 Å². The molecule has 0 N–H and O–H groups in total. The highest BCUT2D eigenvalue weighted by molar-refractivity contribution is 9.10. The summed E-state index contributed by atoms with van der Waals surface area (Å²) in [7, 11) is 0. The predicted molar refractivity (Wildman–Crippen MR) is 87.9 cm³/mol. The average molecular weight is 399 g/mol. The van der Waals surface area contributed by atoms with Gasteiger partial charge in [0.1, 0.15) is 0 Å². The quantitative estimate of drug-likeness (QED) is 0.491. The van der Waals surface area contributed by atoms with Crippen LogP contribution in [0.1, 0.15) is 16.5 Å². The largest absolute Gasteiger partial charge is 0.117 e. The number of halogens is 5. The van der Waals surface area contributed by atoms with Gasteiger partial charge in [0, 0.05) is 9.50 Å². The summed E-state index contributed by atoms with van der Waals surface area (Å²) in [6.07, 6.45) is 0.634. The minimum Gasteiger partial charge on any atom is -0.117 e. The fourth-order valence-corrected chi connectivity index (χ4v) is 3.10. The van der Waals surface area contributed by atoms with Crippen molar-refractivity contribution >= 4 is 62.3 Å². The molecule has 0 spiro atoms. The Hall–Kier alpha value is 0.0800. The topological polar surface area (TPSA) is 0 Å². The molecule has 0 aliphatic rings. The van der Waals surface area contributed by atoms with Gasteiger partial charge in [0.15, 0.2) is 0 Å². The third-order valence-electron chi connectivity index (χ3n) is 2.69. The molecule has 1 atom stereocenters. The number of alkyl halides is 1. The number of benzene rings is 2. The zero-order valence-electron chi connectivity index (χ0n) is 9.64. The molecule has 0 amide bonds. The molecule has 2 aromatic carbocycles. The van der Waals surface area contributed by atoms with Crippen LogP contribution < -0.4 is 0 Å². The number of hydrogen-bond acceptors (Lipinski definition) is 0. The molecule has 0 aromatic heterocycles. The second kappa shape index (κ2) is 6.69. The Bertz CT molecular complexity index is 598. The second-order valence-electron chi connectivity index (χ2n) is 4.09. The normalized spacial score (nSPS) is 12.5. The van der Waals surface area contributed by atoms with Crippen LogP contribution in [0.4, 0.5) is 0 Å². The molecule has 2 rings (SSSR count). The first-order valence-corrected chi connectivity index (χ1v) is 7.86. The van der Waals surface area contributed by atoms with Crippen molar-refractivity contribution < 1.29 is 0 Å². The molecule has 19 heavy (non-hydrogen) atoms. The highest BCUT2D eigenvalue weighted by atomic mass is 79.9. The van der Waals surface area contributed by atoms with E-state index in [1.807, 2.05) is 30.3 Å². The predicted octanol–water partition coefficient (Wildman–Crippen LogP) is 6.93. The van der Waals surface area contributed by atoms with E-state index >= 15 is 0 Å². The van der Waals surface area contributed by atoms with Gasteiger partial charge < -0.3 is 0 Å². The van der Waals surface area contributed by atoms with E-state index in [0.29, 0.717) is 21.5 Å². The first-order valence-electron chi connectivity index (χ1n) is 5.50. The van der Waals surface area contributed by atoms with Gasteiger partial charge in [-0.3, -0.25) is 0 Å². The maximum atomic E-state index is 6.43. The van der Waals surface area contributed by atoms with Gasteiger partial charge in [0.2, 0.25) is 0 Å². The van der Waals surface area contributed by atoms with E-state index in [2.05, 4.69) is 15.9 Å². The third-order valence-corrected chi connectivity index (χ3v) is 4.66. The van der Waals surface area contributed by atoms with Gasteiger partial charge >= 0.3 is 0 Å². The van der Waals surface area contributed by atoms with Crippen LogP contribution in [0.3, 0.4) is 0 Å². The average Bonchev–Trinajstić information content (AvgIpc) is 2.36. The zero-order valence-corrected chi connectivity index (χ0v) is 14.2. The van der Waals surface area contributed by atoms with E-state index in [1.54, 1.807) is 6.07 Å². The molecule has 0 fully saturated rings. The van der Waals surface area contributed by atoms with Crippen molar-refractivity contribution in [2.75, 3.05) is 0 Å². The monoisotopic (exact) mass is 396 g/mol. The van der Waals surface area contributed by atoms with E-state index in [4.69, 9.17) is 46.4 Å². The van der Waals surface area contributed by atoms with Gasteiger partial charge in [-0.2, -0.15) is 0 Å². The van der Waals surface area contributed by atoms with Gasteiger partial charge in [-0.05, 0) is 47.9 Å². The summed E-state index contributed by atoms with van der Waals surface area (Å²) in [6, 6.07) is 11.1. The summed E-state index contributed by atoms with van der Waals surface area (Å²) in [5.41, 5.74) is 1.91. The molecule has 0 radical (unpaired) electrons. The standard InChI is InChI=1S/C14H9BrCl4/c15-9-2-4-11(16)10(7-9)13(18)5-8-1-3-12(17)14(19)6-8/h1-4,6-7,13H,5H2. The SMILES string of the molecule is Clc1ccc(CC(Cl)c2cc(Br)ccc2Cl)cc1Cl. The van der Waals surface area contributed by atoms with Crippen molar-refractivity contribution in [3.05, 3.63) is 67.1 Å². The van der Waals surface area contributed by atoms with Crippen LogP contribution in [0, 0.1) is 0 Å². The molecular formula is C14H9BrCl4. The van der Waals surface area contributed by atoms with Crippen LogP contribution in [0.25, 0.3) is 0 Å². The van der Waals surface area contributed by atoms with E-state index in [0.717, 1.165) is 15.6 Å². The van der Waals surface area contributed by atoms with E-state index in [-0.39, 0.29) is 5.38 Å². The summed E-state index contributed by atoms with van der Waals surface area (Å²) < 4.78 is 0.951. The Morgan fingerprint density at radius 2 is 1.58 bits per heavy atom. The van der Waals surface area contributed by atoms with Crippen molar-refractivity contribution in [2.45, 2.75) is 11.8 Å². The van der Waals surface area contributed by atoms with Crippen molar-refractivity contribution in [1.29, 1.82) is 0 Å². The van der Waals surface area contributed by atoms with Gasteiger partial charge in [-0.15, -0.1) is 11.6 Å². The van der Waals surface area contributed by atoms with Crippen LogP contribution in [-0.4, -0.2) is 0 Å². The van der Waals surface area contributed by atoms with E-state index in [1.165, 1.54) is 0 Å². The Morgan fingerprint density at radius 1 is 0.895 bits per heavy atom. The van der Waals surface area contributed by atoms with Gasteiger partial charge in [-0.25, -0.2) is 0 Å². The third kappa shape index (κ3) is 4.03. The van der Waals surface area contributed by atoms with E-state index < -0.39 is 0 Å². The summed E-state index contributed by atoms with van der Waals surface area (Å²) in [6.45, 7) is 0. The van der Waals surface area contributed by atoms with Crippen LogP contribution in [0.5, 0.6) is 0 Å². The highest BCUT2D eigenvalue weighted by Crippen LogP contribution is 2.34. The summed E-state index contributed by atoms with van der Waals surface area (Å²) in [5.74, 6) is 0. The fraction of sp³-hybridized carbons (Fsp3) is 0.143. The highest BCUT2D eigenvalue weighted by Gasteiger charge is 2.14. The lowest BCUT2D eigenvalue weighted by molar-refractivity contribution is 0.919. The Kier molecular flexibility index (Phi) is 5.45. The molecule has 0 saturated carbocycles. The molecule has 100 valence electrons. The molecule has 0 bridgehead atoms. The molecule has 1 unspecified atom stereocenters. The zero-order chi connectivity index (χ0) is 14.0. The van der Waals surface area contributed by atoms with Crippen LogP contribution in [-0.2, 0) is 6.42 Å². The van der Waals surface area contributed by atoms with Gasteiger partial charge in [0.05, 0.1) is 15.4 Å². The van der Waals surface area contributed by atoms with Crippen LogP contribution in [0.2, 0.25) is 15.1 Å². The van der Waals surface area contributed by atoms with Gasteiger partial charge in [0.25, 0.3) is 0 Å². The Labute approximate surface area is 140 Å². The van der Waals surface area contributed by atoms with E-state index in [9.17, 15) is 0 Å². The number of rotatable bonds is 3.